The van der Waals surface area contributed by atoms with Gasteiger partial charge in [0.05, 0.1) is 6.34 Å². The minimum atomic E-state index is 0.538. The average molecular weight is 159 g/mol. The predicted octanol–water partition coefficient (Wildman–Crippen LogP) is 0.471. The van der Waals surface area contributed by atoms with Crippen molar-refractivity contribution in [3.8, 4) is 0 Å². The van der Waals surface area contributed by atoms with Crippen LogP contribution in [0.4, 0.5) is 0 Å². The van der Waals surface area contributed by atoms with Crippen molar-refractivity contribution in [3.63, 3.8) is 0 Å². The molecule has 0 aliphatic heterocycles. The third kappa shape index (κ3) is 5.50. The summed E-state index contributed by atoms with van der Waals surface area (Å²) in [5, 5.41) is 3.45. The third-order valence-electron chi connectivity index (χ3n) is 0.734. The zero-order valence-electron chi connectivity index (χ0n) is 6.59. The van der Waals surface area contributed by atoms with E-state index in [-0.39, 0.29) is 0 Å². The molecule has 0 saturated heterocycles. The molecule has 4 heteroatoms. The Balaban J connectivity index is 3.56. The second-order valence-corrected chi connectivity index (χ2v) is 2.43. The quantitative estimate of drug-likeness (QED) is 0.360. The van der Waals surface area contributed by atoms with E-state index in [1.807, 2.05) is 25.9 Å². The molecule has 0 spiro atoms. The van der Waals surface area contributed by atoms with E-state index in [4.69, 9.17) is 12.2 Å². The number of rotatable bonds is 2. The van der Waals surface area contributed by atoms with Gasteiger partial charge in [-0.2, -0.15) is 0 Å². The van der Waals surface area contributed by atoms with Gasteiger partial charge in [0.25, 0.3) is 0 Å². The zero-order valence-corrected chi connectivity index (χ0v) is 7.40. The lowest BCUT2D eigenvalue weighted by Gasteiger charge is -2.02. The highest BCUT2D eigenvalue weighted by Gasteiger charge is 1.85. The molecule has 10 heavy (non-hydrogen) atoms. The Labute approximate surface area is 67.1 Å². The summed E-state index contributed by atoms with van der Waals surface area (Å²) in [5.41, 5.74) is 0. The molecule has 0 aliphatic carbocycles. The van der Waals surface area contributed by atoms with Crippen LogP contribution in [0.3, 0.4) is 0 Å². The van der Waals surface area contributed by atoms with Crippen LogP contribution in [0, 0.1) is 0 Å². The van der Waals surface area contributed by atoms with Gasteiger partial charge in [0.2, 0.25) is 0 Å². The normalized spacial score (nSPS) is 9.90. The first-order valence-electron chi connectivity index (χ1n) is 3.15. The van der Waals surface area contributed by atoms with E-state index < -0.39 is 0 Å². The van der Waals surface area contributed by atoms with Crippen molar-refractivity contribution < 1.29 is 0 Å². The van der Waals surface area contributed by atoms with Crippen LogP contribution in [0.1, 0.15) is 6.92 Å². The molecule has 0 saturated carbocycles. The highest BCUT2D eigenvalue weighted by molar-refractivity contribution is 7.80. The Morgan fingerprint density at radius 3 is 2.70 bits per heavy atom. The van der Waals surface area contributed by atoms with E-state index in [2.05, 4.69) is 10.3 Å². The van der Waals surface area contributed by atoms with Crippen LogP contribution >= 0.6 is 12.2 Å². The van der Waals surface area contributed by atoms with Crippen molar-refractivity contribution in [2.45, 2.75) is 6.92 Å². The lowest BCUT2D eigenvalue weighted by Crippen LogP contribution is -2.20. The average Bonchev–Trinajstić information content (AvgIpc) is 1.85. The molecule has 3 nitrogen and oxygen atoms in total. The summed E-state index contributed by atoms with van der Waals surface area (Å²) >= 11 is 4.84. The van der Waals surface area contributed by atoms with Crippen molar-refractivity contribution in [2.75, 3.05) is 20.6 Å². The van der Waals surface area contributed by atoms with Gasteiger partial charge in [-0.3, -0.25) is 0 Å². The van der Waals surface area contributed by atoms with Gasteiger partial charge >= 0.3 is 0 Å². The molecular weight excluding hydrogens is 146 g/mol. The van der Waals surface area contributed by atoms with E-state index in [9.17, 15) is 0 Å². The standard InChI is InChI=1S/C6H13N3S/c1-4-7-6(10)8-5-9(2)3/h5H,4H2,1-3H3,(H,7,10). The zero-order chi connectivity index (χ0) is 7.98. The van der Waals surface area contributed by atoms with Crippen molar-refractivity contribution in [3.05, 3.63) is 0 Å². The highest BCUT2D eigenvalue weighted by Crippen LogP contribution is 1.74. The fraction of sp³-hybridized carbons (Fsp3) is 0.667. The van der Waals surface area contributed by atoms with Crippen LogP contribution in [0.15, 0.2) is 4.99 Å². The van der Waals surface area contributed by atoms with Crippen LogP contribution < -0.4 is 5.32 Å². The van der Waals surface area contributed by atoms with Crippen molar-refractivity contribution in [1.29, 1.82) is 0 Å². The molecule has 0 heterocycles. The lowest BCUT2D eigenvalue weighted by molar-refractivity contribution is 0.643. The largest absolute Gasteiger partial charge is 0.369 e. The first kappa shape index (κ1) is 9.36. The van der Waals surface area contributed by atoms with Crippen LogP contribution in [0.25, 0.3) is 0 Å². The van der Waals surface area contributed by atoms with Crippen LogP contribution in [-0.4, -0.2) is 37.0 Å². The van der Waals surface area contributed by atoms with Crippen molar-refractivity contribution in [2.24, 2.45) is 4.99 Å². The molecule has 0 atom stereocenters. The maximum Gasteiger partial charge on any atom is 0.194 e. The minimum Gasteiger partial charge on any atom is -0.369 e. The molecule has 0 rings (SSSR count). The molecule has 0 unspecified atom stereocenters. The highest BCUT2D eigenvalue weighted by atomic mass is 32.1. The number of aliphatic imine (C=N–C) groups is 1. The minimum absolute atomic E-state index is 0.538. The van der Waals surface area contributed by atoms with Crippen LogP contribution in [0.2, 0.25) is 0 Å². The number of hydrogen-bond acceptors (Lipinski definition) is 1. The Morgan fingerprint density at radius 1 is 1.70 bits per heavy atom. The Hall–Kier alpha value is -0.640. The molecule has 1 N–H and O–H groups in total. The van der Waals surface area contributed by atoms with E-state index in [0.29, 0.717) is 5.11 Å². The summed E-state index contributed by atoms with van der Waals surface area (Å²) in [6.07, 6.45) is 1.67. The second-order valence-electron chi connectivity index (χ2n) is 2.04. The van der Waals surface area contributed by atoms with Gasteiger partial charge in [0, 0.05) is 20.6 Å². The fourth-order valence-corrected chi connectivity index (χ4v) is 0.556. The second kappa shape index (κ2) is 5.17. The third-order valence-corrected chi connectivity index (χ3v) is 0.984. The van der Waals surface area contributed by atoms with Crippen LogP contribution in [0.5, 0.6) is 0 Å². The SMILES string of the molecule is CCNC(=S)N=CN(C)C. The van der Waals surface area contributed by atoms with Gasteiger partial charge in [-0.15, -0.1) is 0 Å². The van der Waals surface area contributed by atoms with Gasteiger partial charge < -0.3 is 10.2 Å². The molecule has 0 aromatic heterocycles. The monoisotopic (exact) mass is 159 g/mol. The van der Waals surface area contributed by atoms with E-state index in [1.165, 1.54) is 0 Å². The molecule has 0 aromatic carbocycles. The molecular formula is C6H13N3S. The first-order chi connectivity index (χ1) is 4.66. The first-order valence-corrected chi connectivity index (χ1v) is 3.56. The molecule has 58 valence electrons. The van der Waals surface area contributed by atoms with Crippen molar-refractivity contribution in [1.82, 2.24) is 10.2 Å². The fourth-order valence-electron chi connectivity index (χ4n) is 0.365. The van der Waals surface area contributed by atoms with Gasteiger partial charge in [0.15, 0.2) is 5.11 Å². The van der Waals surface area contributed by atoms with Gasteiger partial charge in [-0.25, -0.2) is 4.99 Å². The van der Waals surface area contributed by atoms with Gasteiger partial charge in [-0.05, 0) is 19.1 Å². The molecule has 0 aromatic rings. The summed E-state index contributed by atoms with van der Waals surface area (Å²) < 4.78 is 0. The molecule has 0 bridgehead atoms. The molecule has 0 amide bonds. The van der Waals surface area contributed by atoms with Gasteiger partial charge in [-0.1, -0.05) is 0 Å². The maximum absolute atomic E-state index is 4.84. The van der Waals surface area contributed by atoms with Crippen LogP contribution in [-0.2, 0) is 0 Å². The predicted molar refractivity (Wildman–Crippen MR) is 48.5 cm³/mol. The summed E-state index contributed by atoms with van der Waals surface area (Å²) in [7, 11) is 3.80. The topological polar surface area (TPSA) is 27.6 Å². The molecule has 0 radical (unpaired) electrons. The molecule has 0 aliphatic rings. The lowest BCUT2D eigenvalue weighted by atomic mass is 10.7. The summed E-state index contributed by atoms with van der Waals surface area (Å²) in [6, 6.07) is 0. The van der Waals surface area contributed by atoms with Crippen molar-refractivity contribution >= 4 is 23.7 Å². The van der Waals surface area contributed by atoms with E-state index >= 15 is 0 Å². The smallest absolute Gasteiger partial charge is 0.194 e. The number of nitrogens with zero attached hydrogens (tertiary/aromatic N) is 2. The Kier molecular flexibility index (Phi) is 4.84. The maximum atomic E-state index is 4.84. The number of nitrogens with one attached hydrogen (secondary N) is 1. The van der Waals surface area contributed by atoms with E-state index in [1.54, 1.807) is 6.34 Å². The Bertz CT molecular complexity index is 131. The number of thiocarbonyl (C=S) groups is 1. The summed E-state index contributed by atoms with van der Waals surface area (Å²) in [5.74, 6) is 0. The Morgan fingerprint density at radius 2 is 2.30 bits per heavy atom. The van der Waals surface area contributed by atoms with E-state index in [0.717, 1.165) is 6.54 Å². The summed E-state index contributed by atoms with van der Waals surface area (Å²) in [6.45, 7) is 2.81. The number of hydrogen-bond donors (Lipinski definition) is 1. The van der Waals surface area contributed by atoms with Gasteiger partial charge in [0.1, 0.15) is 0 Å². The molecule has 0 fully saturated rings. The summed E-state index contributed by atoms with van der Waals surface area (Å²) in [4.78, 5) is 5.77.